The van der Waals surface area contributed by atoms with Gasteiger partial charge in [0.05, 0.1) is 0 Å². The molecule has 1 fully saturated rings. The maximum Gasteiger partial charge on any atom is 0.191 e. The van der Waals surface area contributed by atoms with Gasteiger partial charge in [-0.3, -0.25) is 4.99 Å². The molecule has 2 rings (SSSR count). The number of nitrogens with zero attached hydrogens (tertiary/aromatic N) is 1. The zero-order valence-corrected chi connectivity index (χ0v) is 18.7. The SMILES string of the molecule is CCOCCC1(CNC(=NC)NCCc2cc(F)ccc2F)CCCC1.I. The van der Waals surface area contributed by atoms with Crippen LogP contribution < -0.4 is 10.6 Å². The van der Waals surface area contributed by atoms with Gasteiger partial charge in [-0.1, -0.05) is 12.8 Å². The van der Waals surface area contributed by atoms with Crippen LogP contribution in [0.1, 0.15) is 44.6 Å². The van der Waals surface area contributed by atoms with E-state index in [1.54, 1.807) is 7.05 Å². The summed E-state index contributed by atoms with van der Waals surface area (Å²) in [5.41, 5.74) is 0.637. The third kappa shape index (κ3) is 7.89. The first kappa shape index (κ1) is 24.1. The van der Waals surface area contributed by atoms with Gasteiger partial charge in [-0.25, -0.2) is 8.78 Å². The second kappa shape index (κ2) is 12.5. The van der Waals surface area contributed by atoms with Gasteiger partial charge in [-0.05, 0) is 61.8 Å². The Morgan fingerprint density at radius 3 is 2.63 bits per heavy atom. The summed E-state index contributed by atoms with van der Waals surface area (Å²) in [4.78, 5) is 4.24. The van der Waals surface area contributed by atoms with Crippen LogP contribution in [0.15, 0.2) is 23.2 Å². The summed E-state index contributed by atoms with van der Waals surface area (Å²) in [5.74, 6) is -0.0946. The lowest BCUT2D eigenvalue weighted by atomic mass is 9.83. The molecule has 7 heteroatoms. The molecule has 27 heavy (non-hydrogen) atoms. The van der Waals surface area contributed by atoms with Crippen molar-refractivity contribution < 1.29 is 13.5 Å². The second-order valence-electron chi connectivity index (χ2n) is 6.99. The number of rotatable bonds is 9. The molecular formula is C20H32F2IN3O. The molecule has 0 saturated heterocycles. The van der Waals surface area contributed by atoms with Crippen molar-refractivity contribution in [2.24, 2.45) is 10.4 Å². The Hall–Kier alpha value is -0.960. The zero-order chi connectivity index (χ0) is 18.8. The quantitative estimate of drug-likeness (QED) is 0.233. The molecule has 0 radical (unpaired) electrons. The second-order valence-corrected chi connectivity index (χ2v) is 6.99. The molecule has 0 bridgehead atoms. The number of ether oxygens (including phenoxy) is 1. The minimum atomic E-state index is -0.415. The smallest absolute Gasteiger partial charge is 0.191 e. The summed E-state index contributed by atoms with van der Waals surface area (Å²) in [6.07, 6.45) is 6.40. The van der Waals surface area contributed by atoms with E-state index in [1.165, 1.54) is 37.8 Å². The summed E-state index contributed by atoms with van der Waals surface area (Å²) in [7, 11) is 1.72. The van der Waals surface area contributed by atoms with Gasteiger partial charge in [0.1, 0.15) is 11.6 Å². The number of halogens is 3. The first-order valence-corrected chi connectivity index (χ1v) is 9.55. The van der Waals surface area contributed by atoms with Gasteiger partial charge in [-0.2, -0.15) is 0 Å². The molecule has 1 aliphatic carbocycles. The van der Waals surface area contributed by atoms with Crippen molar-refractivity contribution in [3.8, 4) is 0 Å². The number of hydrogen-bond donors (Lipinski definition) is 2. The molecule has 0 spiro atoms. The number of nitrogens with one attached hydrogen (secondary N) is 2. The summed E-state index contributed by atoms with van der Waals surface area (Å²) < 4.78 is 32.5. The lowest BCUT2D eigenvalue weighted by molar-refractivity contribution is 0.105. The Morgan fingerprint density at radius 1 is 1.22 bits per heavy atom. The average molecular weight is 495 g/mol. The first-order chi connectivity index (χ1) is 12.6. The first-order valence-electron chi connectivity index (χ1n) is 9.55. The summed E-state index contributed by atoms with van der Waals surface area (Å²) in [6.45, 7) is 4.92. The van der Waals surface area contributed by atoms with Crippen molar-refractivity contribution in [1.82, 2.24) is 10.6 Å². The van der Waals surface area contributed by atoms with Crippen molar-refractivity contribution in [3.05, 3.63) is 35.4 Å². The maximum absolute atomic E-state index is 13.7. The standard InChI is InChI=1S/C20H31F2N3O.HI/c1-3-26-13-11-20(9-4-5-10-20)15-25-19(23-2)24-12-8-16-14-17(21)6-7-18(16)22;/h6-7,14H,3-5,8-13,15H2,1-2H3,(H2,23,24,25);1H. The van der Waals surface area contributed by atoms with Gasteiger partial charge in [0, 0.05) is 33.4 Å². The van der Waals surface area contributed by atoms with E-state index in [2.05, 4.69) is 15.6 Å². The number of benzene rings is 1. The van der Waals surface area contributed by atoms with Crippen LogP contribution in [0.2, 0.25) is 0 Å². The lowest BCUT2D eigenvalue weighted by Gasteiger charge is -2.30. The van der Waals surface area contributed by atoms with Crippen molar-refractivity contribution in [2.75, 3.05) is 33.4 Å². The van der Waals surface area contributed by atoms with Gasteiger partial charge in [0.2, 0.25) is 0 Å². The van der Waals surface area contributed by atoms with Crippen molar-refractivity contribution in [1.29, 1.82) is 0 Å². The van der Waals surface area contributed by atoms with Crippen LogP contribution in [0.3, 0.4) is 0 Å². The normalized spacial score (nSPS) is 16.1. The lowest BCUT2D eigenvalue weighted by Crippen LogP contribution is -2.44. The van der Waals surface area contributed by atoms with Crippen molar-refractivity contribution in [3.63, 3.8) is 0 Å². The third-order valence-electron chi connectivity index (χ3n) is 5.19. The molecule has 4 nitrogen and oxygen atoms in total. The Bertz CT molecular complexity index is 593. The van der Waals surface area contributed by atoms with E-state index in [1.807, 2.05) is 6.92 Å². The molecule has 1 aromatic carbocycles. The summed E-state index contributed by atoms with van der Waals surface area (Å²) in [5, 5.41) is 6.60. The van der Waals surface area contributed by atoms with Gasteiger partial charge in [0.15, 0.2) is 5.96 Å². The van der Waals surface area contributed by atoms with Crippen LogP contribution in [-0.4, -0.2) is 39.3 Å². The molecule has 0 aromatic heterocycles. The van der Waals surface area contributed by atoms with Crippen LogP contribution in [0.5, 0.6) is 0 Å². The Balaban J connectivity index is 0.00000364. The highest BCUT2D eigenvalue weighted by atomic mass is 127. The van der Waals surface area contributed by atoms with E-state index in [-0.39, 0.29) is 35.2 Å². The van der Waals surface area contributed by atoms with E-state index in [4.69, 9.17) is 4.74 Å². The fraction of sp³-hybridized carbons (Fsp3) is 0.650. The molecule has 1 aromatic rings. The molecule has 0 unspecified atom stereocenters. The van der Waals surface area contributed by atoms with E-state index >= 15 is 0 Å². The molecule has 0 aliphatic heterocycles. The van der Waals surface area contributed by atoms with Gasteiger partial charge >= 0.3 is 0 Å². The predicted octanol–water partition coefficient (Wildman–Crippen LogP) is 4.28. The third-order valence-corrected chi connectivity index (χ3v) is 5.19. The van der Waals surface area contributed by atoms with Gasteiger partial charge < -0.3 is 15.4 Å². The predicted molar refractivity (Wildman–Crippen MR) is 117 cm³/mol. The maximum atomic E-state index is 13.7. The minimum absolute atomic E-state index is 0. The number of guanidine groups is 1. The van der Waals surface area contributed by atoms with Crippen LogP contribution in [-0.2, 0) is 11.2 Å². The van der Waals surface area contributed by atoms with Crippen molar-refractivity contribution in [2.45, 2.75) is 45.4 Å². The highest BCUT2D eigenvalue weighted by Gasteiger charge is 2.33. The topological polar surface area (TPSA) is 45.6 Å². The van der Waals surface area contributed by atoms with Crippen LogP contribution >= 0.6 is 24.0 Å². The van der Waals surface area contributed by atoms with Crippen molar-refractivity contribution >= 4 is 29.9 Å². The highest BCUT2D eigenvalue weighted by Crippen LogP contribution is 2.40. The summed E-state index contributed by atoms with van der Waals surface area (Å²) in [6, 6.07) is 3.55. The molecule has 0 amide bonds. The van der Waals surface area contributed by atoms with E-state index in [9.17, 15) is 8.78 Å². The monoisotopic (exact) mass is 495 g/mol. The zero-order valence-electron chi connectivity index (χ0n) is 16.3. The molecule has 1 saturated carbocycles. The molecule has 0 heterocycles. The number of aliphatic imine (C=N–C) groups is 1. The van der Waals surface area contributed by atoms with Crippen LogP contribution in [0.25, 0.3) is 0 Å². The molecule has 0 atom stereocenters. The summed E-state index contributed by atoms with van der Waals surface area (Å²) >= 11 is 0. The Morgan fingerprint density at radius 2 is 1.96 bits per heavy atom. The van der Waals surface area contributed by atoms with Crippen LogP contribution in [0.4, 0.5) is 8.78 Å². The Labute approximate surface area is 178 Å². The van der Waals surface area contributed by atoms with Gasteiger partial charge in [0.25, 0.3) is 0 Å². The molecule has 2 N–H and O–H groups in total. The Kier molecular flexibility index (Phi) is 11.1. The minimum Gasteiger partial charge on any atom is -0.382 e. The fourth-order valence-electron chi connectivity index (χ4n) is 3.62. The number of hydrogen-bond acceptors (Lipinski definition) is 2. The largest absolute Gasteiger partial charge is 0.382 e. The van der Waals surface area contributed by atoms with E-state index in [0.29, 0.717) is 24.5 Å². The molecule has 154 valence electrons. The van der Waals surface area contributed by atoms with E-state index in [0.717, 1.165) is 32.2 Å². The fourth-order valence-corrected chi connectivity index (χ4v) is 3.62. The molecule has 1 aliphatic rings. The highest BCUT2D eigenvalue weighted by molar-refractivity contribution is 14.0. The van der Waals surface area contributed by atoms with Gasteiger partial charge in [-0.15, -0.1) is 24.0 Å². The average Bonchev–Trinajstić information content (AvgIpc) is 3.10. The molecular weight excluding hydrogens is 463 g/mol. The van der Waals surface area contributed by atoms with Crippen LogP contribution in [0, 0.1) is 17.0 Å². The van der Waals surface area contributed by atoms with E-state index < -0.39 is 5.82 Å².